The summed E-state index contributed by atoms with van der Waals surface area (Å²) in [5.41, 5.74) is 2.19. The molecule has 4 N–H and O–H groups in total. The SMILES string of the molecule is CCOc1ccc2[nH]c(C(=O)N[C@@H]3CCC[C@@H](O)[C@@H]3O)c(C)c2c1. The Hall–Kier alpha value is -2.05. The van der Waals surface area contributed by atoms with Crippen LogP contribution in [0, 0.1) is 6.92 Å². The lowest BCUT2D eigenvalue weighted by molar-refractivity contribution is -0.0278. The molecule has 1 saturated carbocycles. The molecule has 1 heterocycles. The summed E-state index contributed by atoms with van der Waals surface area (Å²) in [4.78, 5) is 15.7. The summed E-state index contributed by atoms with van der Waals surface area (Å²) in [6.07, 6.45) is 0.322. The summed E-state index contributed by atoms with van der Waals surface area (Å²) in [6, 6.07) is 5.25. The monoisotopic (exact) mass is 332 g/mol. The molecule has 2 aromatic rings. The molecule has 0 spiro atoms. The van der Waals surface area contributed by atoms with Gasteiger partial charge in [-0.2, -0.15) is 0 Å². The summed E-state index contributed by atoms with van der Waals surface area (Å²) >= 11 is 0. The van der Waals surface area contributed by atoms with Crippen LogP contribution in [-0.4, -0.2) is 46.0 Å². The van der Waals surface area contributed by atoms with Crippen molar-refractivity contribution < 1.29 is 19.7 Å². The van der Waals surface area contributed by atoms with E-state index in [1.165, 1.54) is 0 Å². The van der Waals surface area contributed by atoms with Gasteiger partial charge in [0.1, 0.15) is 11.4 Å². The molecule has 3 rings (SSSR count). The number of H-pyrrole nitrogens is 1. The van der Waals surface area contributed by atoms with Crippen molar-refractivity contribution in [3.63, 3.8) is 0 Å². The first-order valence-electron chi connectivity index (χ1n) is 8.43. The van der Waals surface area contributed by atoms with Gasteiger partial charge in [0.25, 0.3) is 5.91 Å². The van der Waals surface area contributed by atoms with Crippen LogP contribution < -0.4 is 10.1 Å². The van der Waals surface area contributed by atoms with E-state index in [9.17, 15) is 15.0 Å². The maximum Gasteiger partial charge on any atom is 0.268 e. The van der Waals surface area contributed by atoms with Crippen LogP contribution in [0.3, 0.4) is 0 Å². The van der Waals surface area contributed by atoms with E-state index in [4.69, 9.17) is 4.74 Å². The van der Waals surface area contributed by atoms with Gasteiger partial charge in [0.2, 0.25) is 0 Å². The molecule has 1 aromatic heterocycles. The molecule has 1 fully saturated rings. The molecule has 1 amide bonds. The predicted octanol–water partition coefficient (Wildman–Crippen LogP) is 1.88. The van der Waals surface area contributed by atoms with Crippen LogP contribution in [0.15, 0.2) is 18.2 Å². The number of carbonyl (C=O) groups is 1. The van der Waals surface area contributed by atoms with Gasteiger partial charge in [-0.15, -0.1) is 0 Å². The van der Waals surface area contributed by atoms with E-state index in [1.807, 2.05) is 32.0 Å². The number of hydrogen-bond acceptors (Lipinski definition) is 4. The van der Waals surface area contributed by atoms with Gasteiger partial charge in [-0.3, -0.25) is 4.79 Å². The summed E-state index contributed by atoms with van der Waals surface area (Å²) in [6.45, 7) is 4.40. The molecule has 6 nitrogen and oxygen atoms in total. The molecule has 3 atom stereocenters. The van der Waals surface area contributed by atoms with Crippen molar-refractivity contribution in [2.75, 3.05) is 6.61 Å². The molecule has 1 aliphatic rings. The highest BCUT2D eigenvalue weighted by atomic mass is 16.5. The van der Waals surface area contributed by atoms with Gasteiger partial charge in [-0.1, -0.05) is 0 Å². The first-order chi connectivity index (χ1) is 11.5. The minimum Gasteiger partial charge on any atom is -0.494 e. The van der Waals surface area contributed by atoms with E-state index in [1.54, 1.807) is 0 Å². The largest absolute Gasteiger partial charge is 0.494 e. The van der Waals surface area contributed by atoms with E-state index in [2.05, 4.69) is 10.3 Å². The first kappa shape index (κ1) is 16.8. The highest BCUT2D eigenvalue weighted by Crippen LogP contribution is 2.27. The maximum atomic E-state index is 12.6. The number of fused-ring (bicyclic) bond motifs is 1. The normalized spacial score (nSPS) is 24.1. The number of rotatable bonds is 4. The molecule has 0 radical (unpaired) electrons. The lowest BCUT2D eigenvalue weighted by atomic mass is 9.90. The Kier molecular flexibility index (Phi) is 4.78. The van der Waals surface area contributed by atoms with Crippen molar-refractivity contribution in [3.8, 4) is 5.75 Å². The first-order valence-corrected chi connectivity index (χ1v) is 8.43. The van der Waals surface area contributed by atoms with Crippen LogP contribution in [0.25, 0.3) is 10.9 Å². The second-order valence-electron chi connectivity index (χ2n) is 6.33. The van der Waals surface area contributed by atoms with Crippen LogP contribution in [0.1, 0.15) is 42.2 Å². The van der Waals surface area contributed by atoms with Gasteiger partial charge < -0.3 is 25.3 Å². The Labute approximate surface area is 140 Å². The minimum atomic E-state index is -0.919. The standard InChI is InChI=1S/C18H24N2O4/c1-3-24-11-7-8-13-12(9-11)10(2)16(19-13)18(23)20-14-5-4-6-15(21)17(14)22/h7-9,14-15,17,19,21-22H,3-6H2,1-2H3,(H,20,23)/t14-,15-,17-/m1/s1. The van der Waals surface area contributed by atoms with Gasteiger partial charge in [0.15, 0.2) is 0 Å². The Morgan fingerprint density at radius 3 is 2.92 bits per heavy atom. The number of aryl methyl sites for hydroxylation is 1. The fourth-order valence-electron chi connectivity index (χ4n) is 3.34. The van der Waals surface area contributed by atoms with Gasteiger partial charge in [0, 0.05) is 10.9 Å². The Morgan fingerprint density at radius 1 is 1.38 bits per heavy atom. The molecular formula is C18H24N2O4. The zero-order valence-electron chi connectivity index (χ0n) is 14.0. The third kappa shape index (κ3) is 3.12. The van der Waals surface area contributed by atoms with Gasteiger partial charge >= 0.3 is 0 Å². The average molecular weight is 332 g/mol. The van der Waals surface area contributed by atoms with E-state index in [-0.39, 0.29) is 5.91 Å². The lowest BCUT2D eigenvalue weighted by Crippen LogP contribution is -2.51. The highest BCUT2D eigenvalue weighted by Gasteiger charge is 2.32. The average Bonchev–Trinajstić information content (AvgIpc) is 2.89. The van der Waals surface area contributed by atoms with Crippen molar-refractivity contribution in [1.82, 2.24) is 10.3 Å². The lowest BCUT2D eigenvalue weighted by Gasteiger charge is -2.32. The topological polar surface area (TPSA) is 94.6 Å². The second-order valence-corrected chi connectivity index (χ2v) is 6.33. The molecule has 0 aliphatic heterocycles. The van der Waals surface area contributed by atoms with Gasteiger partial charge in [-0.25, -0.2) is 0 Å². The number of nitrogens with one attached hydrogen (secondary N) is 2. The molecule has 1 aliphatic carbocycles. The molecule has 0 saturated heterocycles. The maximum absolute atomic E-state index is 12.6. The van der Waals surface area contributed by atoms with Crippen molar-refractivity contribution in [2.24, 2.45) is 0 Å². The van der Waals surface area contributed by atoms with E-state index in [0.29, 0.717) is 25.1 Å². The number of aromatic nitrogens is 1. The Morgan fingerprint density at radius 2 is 2.17 bits per heavy atom. The van der Waals surface area contributed by atoms with Crippen LogP contribution >= 0.6 is 0 Å². The smallest absolute Gasteiger partial charge is 0.268 e. The summed E-state index contributed by atoms with van der Waals surface area (Å²) in [7, 11) is 0. The number of benzene rings is 1. The third-order valence-corrected chi connectivity index (χ3v) is 4.71. The molecule has 0 unspecified atom stereocenters. The van der Waals surface area contributed by atoms with E-state index in [0.717, 1.165) is 28.6 Å². The number of ether oxygens (including phenoxy) is 1. The molecule has 130 valence electrons. The van der Waals surface area contributed by atoms with Crippen molar-refractivity contribution in [3.05, 3.63) is 29.5 Å². The zero-order chi connectivity index (χ0) is 17.3. The number of amides is 1. The van der Waals surface area contributed by atoms with Crippen LogP contribution in [0.5, 0.6) is 5.75 Å². The highest BCUT2D eigenvalue weighted by molar-refractivity contribution is 6.01. The van der Waals surface area contributed by atoms with Gasteiger partial charge in [0.05, 0.1) is 24.9 Å². The quantitative estimate of drug-likeness (QED) is 0.687. The van der Waals surface area contributed by atoms with Crippen LogP contribution in [-0.2, 0) is 0 Å². The zero-order valence-corrected chi connectivity index (χ0v) is 14.0. The third-order valence-electron chi connectivity index (χ3n) is 4.71. The fraction of sp³-hybridized carbons (Fsp3) is 0.500. The molecular weight excluding hydrogens is 308 g/mol. The number of aliphatic hydroxyl groups excluding tert-OH is 2. The Balaban J connectivity index is 1.83. The van der Waals surface area contributed by atoms with Gasteiger partial charge in [-0.05, 0) is 56.9 Å². The summed E-state index contributed by atoms with van der Waals surface area (Å²) in [5.74, 6) is 0.504. The molecule has 6 heteroatoms. The predicted molar refractivity (Wildman–Crippen MR) is 91.3 cm³/mol. The number of carbonyl (C=O) groups excluding carboxylic acids is 1. The molecule has 0 bridgehead atoms. The number of hydrogen-bond donors (Lipinski definition) is 4. The summed E-state index contributed by atoms with van der Waals surface area (Å²) < 4.78 is 5.51. The second kappa shape index (κ2) is 6.83. The Bertz CT molecular complexity index is 740. The number of aliphatic hydroxyl groups is 2. The van der Waals surface area contributed by atoms with Crippen LogP contribution in [0.2, 0.25) is 0 Å². The summed E-state index contributed by atoms with van der Waals surface area (Å²) in [5, 5.41) is 23.6. The minimum absolute atomic E-state index is 0.264. The van der Waals surface area contributed by atoms with Crippen molar-refractivity contribution in [1.29, 1.82) is 0 Å². The van der Waals surface area contributed by atoms with E-state index >= 15 is 0 Å². The van der Waals surface area contributed by atoms with Crippen LogP contribution in [0.4, 0.5) is 0 Å². The van der Waals surface area contributed by atoms with Crippen molar-refractivity contribution in [2.45, 2.75) is 51.4 Å². The fourth-order valence-corrected chi connectivity index (χ4v) is 3.34. The molecule has 24 heavy (non-hydrogen) atoms. The number of aromatic amines is 1. The van der Waals surface area contributed by atoms with Crippen molar-refractivity contribution >= 4 is 16.8 Å². The van der Waals surface area contributed by atoms with E-state index < -0.39 is 18.2 Å². The molecule has 1 aromatic carbocycles.